The molecule has 0 aliphatic rings. The predicted octanol–water partition coefficient (Wildman–Crippen LogP) is 5.76. The highest BCUT2D eigenvalue weighted by molar-refractivity contribution is 7.13. The van der Waals surface area contributed by atoms with Gasteiger partial charge in [0.25, 0.3) is 0 Å². The van der Waals surface area contributed by atoms with E-state index in [1.165, 1.54) is 11.3 Å². The van der Waals surface area contributed by atoms with Gasteiger partial charge in [0.15, 0.2) is 5.78 Å². The lowest BCUT2D eigenvalue weighted by Gasteiger charge is -2.08. The van der Waals surface area contributed by atoms with E-state index in [-0.39, 0.29) is 11.5 Å². The van der Waals surface area contributed by atoms with E-state index in [0.29, 0.717) is 16.3 Å². The van der Waals surface area contributed by atoms with Crippen molar-refractivity contribution in [3.05, 3.63) is 81.9 Å². The number of phenolic OH excluding ortho intramolecular Hbond substituents is 1. The molecule has 0 amide bonds. The number of hydrogen-bond acceptors (Lipinski definition) is 5. The second-order valence-electron chi connectivity index (χ2n) is 6.50. The van der Waals surface area contributed by atoms with E-state index in [0.717, 1.165) is 29.5 Å². The number of aliphatic imine (C=N–C) groups is 1. The fourth-order valence-corrected chi connectivity index (χ4v) is 3.27. The fourth-order valence-electron chi connectivity index (χ4n) is 2.79. The van der Waals surface area contributed by atoms with Gasteiger partial charge in [-0.25, -0.2) is 9.98 Å². The summed E-state index contributed by atoms with van der Waals surface area (Å²) in [6.07, 6.45) is 8.31. The Kier molecular flexibility index (Phi) is 6.50. The second kappa shape index (κ2) is 9.24. The molecule has 0 aliphatic heterocycles. The van der Waals surface area contributed by atoms with E-state index in [1.807, 2.05) is 48.7 Å². The molecule has 1 heterocycles. The largest absolute Gasteiger partial charge is 0.507 e. The lowest BCUT2D eigenvalue weighted by Crippen LogP contribution is -1.95. The minimum Gasteiger partial charge on any atom is -0.507 e. The molecule has 0 fully saturated rings. The van der Waals surface area contributed by atoms with Gasteiger partial charge >= 0.3 is 0 Å². The van der Waals surface area contributed by atoms with Crippen LogP contribution in [0.4, 0.5) is 5.13 Å². The number of phenols is 1. The second-order valence-corrected chi connectivity index (χ2v) is 7.38. The maximum Gasteiger partial charge on any atom is 0.209 e. The molecule has 1 aromatic heterocycles. The van der Waals surface area contributed by atoms with Crippen molar-refractivity contribution in [3.8, 4) is 5.75 Å². The molecular weight excluding hydrogens is 368 g/mol. The van der Waals surface area contributed by atoms with Crippen molar-refractivity contribution < 1.29 is 9.90 Å². The number of aromatic nitrogens is 1. The van der Waals surface area contributed by atoms with Crippen LogP contribution in [0.5, 0.6) is 5.75 Å². The number of aromatic hydroxyl groups is 1. The summed E-state index contributed by atoms with van der Waals surface area (Å²) >= 11 is 1.43. The van der Waals surface area contributed by atoms with Gasteiger partial charge in [0.05, 0.1) is 0 Å². The smallest absolute Gasteiger partial charge is 0.209 e. The zero-order valence-electron chi connectivity index (χ0n) is 15.9. The standard InChI is InChI=1S/C23H22N2O2S/c1-3-4-19-13-17(7-10-21(26)18-8-5-16(2)6-9-18)14-20(22(19)27)15-25-23-24-11-12-28-23/h5-15,27H,3-4H2,1-2H3/b10-7+,25-15?. The molecule has 3 aromatic rings. The van der Waals surface area contributed by atoms with Crippen molar-refractivity contribution in [2.75, 3.05) is 0 Å². The normalized spacial score (nSPS) is 11.5. The minimum absolute atomic E-state index is 0.0527. The topological polar surface area (TPSA) is 62.5 Å². The Morgan fingerprint density at radius 1 is 1.25 bits per heavy atom. The summed E-state index contributed by atoms with van der Waals surface area (Å²) in [6.45, 7) is 4.05. The Morgan fingerprint density at radius 3 is 2.71 bits per heavy atom. The molecule has 142 valence electrons. The summed E-state index contributed by atoms with van der Waals surface area (Å²) in [4.78, 5) is 20.8. The molecule has 4 nitrogen and oxygen atoms in total. The third kappa shape index (κ3) is 5.02. The number of allylic oxidation sites excluding steroid dienone is 1. The maximum atomic E-state index is 12.4. The Bertz CT molecular complexity index is 1000. The summed E-state index contributed by atoms with van der Waals surface area (Å²) in [7, 11) is 0. The molecule has 0 radical (unpaired) electrons. The minimum atomic E-state index is -0.0527. The molecule has 1 N–H and O–H groups in total. The molecule has 0 atom stereocenters. The van der Waals surface area contributed by atoms with Crippen molar-refractivity contribution in [3.63, 3.8) is 0 Å². The van der Waals surface area contributed by atoms with Crippen LogP contribution in [0, 0.1) is 6.92 Å². The van der Waals surface area contributed by atoms with Gasteiger partial charge < -0.3 is 5.11 Å². The number of benzene rings is 2. The number of hydrogen-bond donors (Lipinski definition) is 1. The van der Waals surface area contributed by atoms with Crippen molar-refractivity contribution >= 4 is 34.5 Å². The molecule has 0 unspecified atom stereocenters. The fraction of sp³-hybridized carbons (Fsp3) is 0.174. The van der Waals surface area contributed by atoms with Gasteiger partial charge in [-0.2, -0.15) is 0 Å². The number of carbonyl (C=O) groups is 1. The van der Waals surface area contributed by atoms with Crippen LogP contribution in [0.15, 0.2) is 59.0 Å². The molecule has 28 heavy (non-hydrogen) atoms. The first kappa shape index (κ1) is 19.7. The third-order valence-electron chi connectivity index (χ3n) is 4.26. The quantitative estimate of drug-likeness (QED) is 0.317. The van der Waals surface area contributed by atoms with Gasteiger partial charge in [-0.1, -0.05) is 49.2 Å². The van der Waals surface area contributed by atoms with Crippen LogP contribution < -0.4 is 0 Å². The molecule has 2 aromatic carbocycles. The molecule has 0 spiro atoms. The highest BCUT2D eigenvalue weighted by Gasteiger charge is 2.08. The molecule has 0 saturated carbocycles. The van der Waals surface area contributed by atoms with Gasteiger partial charge in [-0.15, -0.1) is 11.3 Å². The number of nitrogens with zero attached hydrogens (tertiary/aromatic N) is 2. The van der Waals surface area contributed by atoms with Gasteiger partial charge in [-0.05, 0) is 42.7 Å². The van der Waals surface area contributed by atoms with Crippen LogP contribution in [-0.2, 0) is 6.42 Å². The summed E-state index contributed by atoms with van der Waals surface area (Å²) in [5, 5.41) is 13.0. The van der Waals surface area contributed by atoms with Crippen molar-refractivity contribution in [2.45, 2.75) is 26.7 Å². The van der Waals surface area contributed by atoms with E-state index in [9.17, 15) is 9.90 Å². The highest BCUT2D eigenvalue weighted by Crippen LogP contribution is 2.26. The average Bonchev–Trinajstić information content (AvgIpc) is 3.21. The highest BCUT2D eigenvalue weighted by atomic mass is 32.1. The Labute approximate surface area is 168 Å². The first-order valence-electron chi connectivity index (χ1n) is 9.15. The van der Waals surface area contributed by atoms with Crippen molar-refractivity contribution in [1.29, 1.82) is 0 Å². The number of thiazole rings is 1. The molecule has 0 aliphatic carbocycles. The van der Waals surface area contributed by atoms with Gasteiger partial charge in [-0.3, -0.25) is 4.79 Å². The van der Waals surface area contributed by atoms with Crippen LogP contribution in [0.3, 0.4) is 0 Å². The van der Waals surface area contributed by atoms with Crippen LogP contribution >= 0.6 is 11.3 Å². The van der Waals surface area contributed by atoms with E-state index in [1.54, 1.807) is 24.6 Å². The van der Waals surface area contributed by atoms with E-state index in [4.69, 9.17) is 0 Å². The summed E-state index contributed by atoms with van der Waals surface area (Å²) in [6, 6.07) is 11.2. The lowest BCUT2D eigenvalue weighted by atomic mass is 10.00. The molecule has 0 saturated heterocycles. The van der Waals surface area contributed by atoms with E-state index >= 15 is 0 Å². The Hall–Kier alpha value is -3.05. The van der Waals surface area contributed by atoms with Crippen LogP contribution in [0.1, 0.15) is 46.0 Å². The first-order chi connectivity index (χ1) is 13.6. The summed E-state index contributed by atoms with van der Waals surface area (Å²) < 4.78 is 0. The first-order valence-corrected chi connectivity index (χ1v) is 10.0. The molecule has 0 bridgehead atoms. The van der Waals surface area contributed by atoms with E-state index < -0.39 is 0 Å². The zero-order valence-corrected chi connectivity index (χ0v) is 16.7. The number of aryl methyl sites for hydroxylation is 2. The molecule has 3 rings (SSSR count). The summed E-state index contributed by atoms with van der Waals surface area (Å²) in [5.74, 6) is 0.173. The number of carbonyl (C=O) groups excluding carboxylic acids is 1. The number of rotatable bonds is 7. The van der Waals surface area contributed by atoms with Crippen molar-refractivity contribution in [2.24, 2.45) is 4.99 Å². The van der Waals surface area contributed by atoms with Crippen molar-refractivity contribution in [1.82, 2.24) is 4.98 Å². The van der Waals surface area contributed by atoms with Gasteiger partial charge in [0.2, 0.25) is 5.13 Å². The lowest BCUT2D eigenvalue weighted by molar-refractivity contribution is 0.104. The number of ketones is 1. The van der Waals surface area contributed by atoms with Crippen LogP contribution in [0.2, 0.25) is 0 Å². The average molecular weight is 391 g/mol. The zero-order chi connectivity index (χ0) is 19.9. The maximum absolute atomic E-state index is 12.4. The SMILES string of the molecule is CCCc1cc(/C=C/C(=O)c2ccc(C)cc2)cc(C=Nc2nccs2)c1O. The van der Waals surface area contributed by atoms with Gasteiger partial charge in [0, 0.05) is 28.9 Å². The summed E-state index contributed by atoms with van der Waals surface area (Å²) in [5.41, 5.74) is 4.08. The van der Waals surface area contributed by atoms with Gasteiger partial charge in [0.1, 0.15) is 5.75 Å². The van der Waals surface area contributed by atoms with E-state index in [2.05, 4.69) is 16.9 Å². The molecule has 5 heteroatoms. The van der Waals surface area contributed by atoms with Crippen LogP contribution in [0.25, 0.3) is 6.08 Å². The van der Waals surface area contributed by atoms with Crippen LogP contribution in [-0.4, -0.2) is 22.1 Å². The molecular formula is C23H22N2O2S. The predicted molar refractivity (Wildman–Crippen MR) is 116 cm³/mol. The monoisotopic (exact) mass is 390 g/mol. The Morgan fingerprint density at radius 2 is 2.04 bits per heavy atom. The Balaban J connectivity index is 1.89. The third-order valence-corrected chi connectivity index (χ3v) is 4.94.